The molecular weight excluding hydrogens is 200 g/mol. The van der Waals surface area contributed by atoms with Gasteiger partial charge in [-0.25, -0.2) is 0 Å². The molecule has 0 atom stereocenters. The van der Waals surface area contributed by atoms with Crippen molar-refractivity contribution in [2.24, 2.45) is 0 Å². The molecule has 0 saturated heterocycles. The van der Waals surface area contributed by atoms with Crippen molar-refractivity contribution >= 4 is 11.5 Å². The summed E-state index contributed by atoms with van der Waals surface area (Å²) < 4.78 is 1.10. The van der Waals surface area contributed by atoms with Crippen LogP contribution >= 0.6 is 0 Å². The van der Waals surface area contributed by atoms with E-state index in [1.165, 1.54) is 13.8 Å². The molecule has 0 radical (unpaired) electrons. The van der Waals surface area contributed by atoms with Crippen molar-refractivity contribution in [3.63, 3.8) is 0 Å². The highest BCUT2D eigenvalue weighted by Crippen LogP contribution is 2.14. The van der Waals surface area contributed by atoms with Crippen LogP contribution in [0.1, 0.15) is 12.6 Å². The van der Waals surface area contributed by atoms with Crippen LogP contribution < -0.4 is 5.56 Å². The Bertz CT molecular complexity index is 475. The third-order valence-electron chi connectivity index (χ3n) is 2.00. The fourth-order valence-electron chi connectivity index (χ4n) is 1.28. The van der Waals surface area contributed by atoms with Crippen LogP contribution in [0.15, 0.2) is 16.9 Å². The second-order valence-corrected chi connectivity index (χ2v) is 3.19. The average molecular weight is 210 g/mol. The van der Waals surface area contributed by atoms with Gasteiger partial charge in [-0.2, -0.15) is 0 Å². The van der Waals surface area contributed by atoms with Crippen LogP contribution in [0.2, 0.25) is 0 Å². The van der Waals surface area contributed by atoms with E-state index in [1.54, 1.807) is 0 Å². The van der Waals surface area contributed by atoms with E-state index in [0.717, 1.165) is 16.7 Å². The zero-order valence-corrected chi connectivity index (χ0v) is 8.39. The maximum Gasteiger partial charge on any atom is 0.288 e. The minimum Gasteiger partial charge on any atom is -0.299 e. The Morgan fingerprint density at radius 2 is 2.13 bits per heavy atom. The molecule has 15 heavy (non-hydrogen) atoms. The molecule has 1 aromatic heterocycles. The third kappa shape index (κ3) is 2.28. The number of aromatic nitrogens is 1. The topological polar surface area (TPSA) is 82.2 Å². The van der Waals surface area contributed by atoms with Crippen LogP contribution in [-0.2, 0) is 11.3 Å². The maximum absolute atomic E-state index is 11.3. The summed E-state index contributed by atoms with van der Waals surface area (Å²) in [6, 6.07) is 2.24. The third-order valence-corrected chi connectivity index (χ3v) is 2.00. The van der Waals surface area contributed by atoms with E-state index in [4.69, 9.17) is 0 Å². The molecular formula is C9H10N2O4. The average Bonchev–Trinajstić information content (AvgIpc) is 2.11. The summed E-state index contributed by atoms with van der Waals surface area (Å²) in [7, 11) is 0. The molecule has 0 spiro atoms. The van der Waals surface area contributed by atoms with E-state index in [-0.39, 0.29) is 23.7 Å². The molecule has 0 saturated carbocycles. The molecule has 6 heteroatoms. The van der Waals surface area contributed by atoms with E-state index < -0.39 is 10.5 Å². The van der Waals surface area contributed by atoms with Crippen LogP contribution in [-0.4, -0.2) is 15.3 Å². The lowest BCUT2D eigenvalue weighted by Gasteiger charge is -2.06. The van der Waals surface area contributed by atoms with Gasteiger partial charge in [0.25, 0.3) is 11.2 Å². The fraction of sp³-hybridized carbons (Fsp3) is 0.333. The van der Waals surface area contributed by atoms with Gasteiger partial charge in [0.1, 0.15) is 5.78 Å². The Labute approximate surface area is 85.3 Å². The second kappa shape index (κ2) is 4.04. The number of carbonyl (C=O) groups excluding carboxylic acids is 1. The Morgan fingerprint density at radius 1 is 1.53 bits per heavy atom. The van der Waals surface area contributed by atoms with Gasteiger partial charge in [-0.3, -0.25) is 24.3 Å². The number of ketones is 1. The largest absolute Gasteiger partial charge is 0.299 e. The van der Waals surface area contributed by atoms with Crippen LogP contribution in [0.25, 0.3) is 0 Å². The van der Waals surface area contributed by atoms with Crippen LogP contribution in [0.3, 0.4) is 0 Å². The molecule has 0 aliphatic rings. The van der Waals surface area contributed by atoms with Crippen molar-refractivity contribution in [3.05, 3.63) is 38.3 Å². The van der Waals surface area contributed by atoms with E-state index in [1.807, 2.05) is 0 Å². The van der Waals surface area contributed by atoms with E-state index >= 15 is 0 Å². The summed E-state index contributed by atoms with van der Waals surface area (Å²) in [6.45, 7) is 2.64. The molecule has 0 aromatic carbocycles. The predicted molar refractivity (Wildman–Crippen MR) is 52.8 cm³/mol. The molecule has 0 aliphatic carbocycles. The van der Waals surface area contributed by atoms with Crippen LogP contribution in [0.4, 0.5) is 5.69 Å². The quantitative estimate of drug-likeness (QED) is 0.541. The number of pyridine rings is 1. The number of nitrogens with zero attached hydrogens (tertiary/aromatic N) is 2. The summed E-state index contributed by atoms with van der Waals surface area (Å²) in [6.07, 6.45) is 0. The Hall–Kier alpha value is -1.98. The van der Waals surface area contributed by atoms with Crippen molar-refractivity contribution in [3.8, 4) is 0 Å². The molecule has 0 amide bonds. The molecule has 0 bridgehead atoms. The smallest absolute Gasteiger partial charge is 0.288 e. The molecule has 0 fully saturated rings. The lowest BCUT2D eigenvalue weighted by molar-refractivity contribution is -0.386. The van der Waals surface area contributed by atoms with Crippen molar-refractivity contribution < 1.29 is 9.72 Å². The zero-order chi connectivity index (χ0) is 11.6. The molecule has 0 aliphatic heterocycles. The first kappa shape index (κ1) is 11.1. The summed E-state index contributed by atoms with van der Waals surface area (Å²) >= 11 is 0. The standard InChI is InChI=1S/C9H10N2O4/c1-6(12)5-10-7(2)8(11(14)15)3-4-9(10)13/h3-4H,5H2,1-2H3. The normalized spacial score (nSPS) is 10.0. The first-order valence-electron chi connectivity index (χ1n) is 4.27. The summed E-state index contributed by atoms with van der Waals surface area (Å²) in [5.74, 6) is -0.222. The molecule has 1 heterocycles. The van der Waals surface area contributed by atoms with Gasteiger partial charge in [0.2, 0.25) is 0 Å². The van der Waals surface area contributed by atoms with Gasteiger partial charge in [-0.15, -0.1) is 0 Å². The SMILES string of the molecule is CC(=O)Cn1c(C)c([N+](=O)[O-])ccc1=O. The lowest BCUT2D eigenvalue weighted by atomic mass is 10.3. The first-order chi connectivity index (χ1) is 6.93. The monoisotopic (exact) mass is 210 g/mol. The van der Waals surface area contributed by atoms with Gasteiger partial charge in [-0.1, -0.05) is 0 Å². The number of hydrogen-bond donors (Lipinski definition) is 0. The Kier molecular flexibility index (Phi) is 2.99. The minimum atomic E-state index is -0.578. The summed E-state index contributed by atoms with van der Waals surface area (Å²) in [5.41, 5.74) is -0.369. The van der Waals surface area contributed by atoms with Gasteiger partial charge in [0.15, 0.2) is 0 Å². The number of nitro groups is 1. The van der Waals surface area contributed by atoms with Gasteiger partial charge in [0.05, 0.1) is 17.2 Å². The molecule has 1 rings (SSSR count). The number of Topliss-reactive ketones (excluding diaryl/α,β-unsaturated/α-hetero) is 1. The predicted octanol–water partition coefficient (Wildman–Crippen LogP) is 0.654. The number of rotatable bonds is 3. The first-order valence-corrected chi connectivity index (χ1v) is 4.27. The maximum atomic E-state index is 11.3. The fourth-order valence-corrected chi connectivity index (χ4v) is 1.28. The minimum absolute atomic E-state index is 0.133. The molecule has 1 aromatic rings. The van der Waals surface area contributed by atoms with Gasteiger partial charge in [-0.05, 0) is 13.8 Å². The highest BCUT2D eigenvalue weighted by atomic mass is 16.6. The van der Waals surface area contributed by atoms with E-state index in [0.29, 0.717) is 0 Å². The Morgan fingerprint density at radius 3 is 2.60 bits per heavy atom. The Balaban J connectivity index is 3.36. The molecule has 80 valence electrons. The molecule has 0 N–H and O–H groups in total. The van der Waals surface area contributed by atoms with Gasteiger partial charge < -0.3 is 0 Å². The molecule has 0 unspecified atom stereocenters. The van der Waals surface area contributed by atoms with Crippen molar-refractivity contribution in [2.45, 2.75) is 20.4 Å². The van der Waals surface area contributed by atoms with Crippen molar-refractivity contribution in [1.82, 2.24) is 4.57 Å². The second-order valence-electron chi connectivity index (χ2n) is 3.19. The van der Waals surface area contributed by atoms with Gasteiger partial charge in [0, 0.05) is 12.1 Å². The number of carbonyl (C=O) groups is 1. The van der Waals surface area contributed by atoms with Crippen molar-refractivity contribution in [1.29, 1.82) is 0 Å². The van der Waals surface area contributed by atoms with Crippen molar-refractivity contribution in [2.75, 3.05) is 0 Å². The van der Waals surface area contributed by atoms with Crippen LogP contribution in [0, 0.1) is 17.0 Å². The summed E-state index contributed by atoms with van der Waals surface area (Å²) in [4.78, 5) is 32.2. The van der Waals surface area contributed by atoms with Gasteiger partial charge >= 0.3 is 0 Å². The summed E-state index contributed by atoms with van der Waals surface area (Å²) in [5, 5.41) is 10.6. The van der Waals surface area contributed by atoms with Crippen LogP contribution in [0.5, 0.6) is 0 Å². The number of hydrogen-bond acceptors (Lipinski definition) is 4. The zero-order valence-electron chi connectivity index (χ0n) is 8.39. The molecule has 6 nitrogen and oxygen atoms in total. The highest BCUT2D eigenvalue weighted by Gasteiger charge is 2.15. The van der Waals surface area contributed by atoms with E-state index in [2.05, 4.69) is 0 Å². The van der Waals surface area contributed by atoms with E-state index in [9.17, 15) is 19.7 Å². The lowest BCUT2D eigenvalue weighted by Crippen LogP contribution is -2.25. The highest BCUT2D eigenvalue weighted by molar-refractivity contribution is 5.75.